The van der Waals surface area contributed by atoms with Crippen molar-refractivity contribution in [2.75, 3.05) is 0 Å². The Hall–Kier alpha value is -0.880. The monoisotopic (exact) mass is 181 g/mol. The molecule has 0 aromatic rings. The maximum absolute atomic E-state index is 8.35. The lowest BCUT2D eigenvalue weighted by Gasteiger charge is -2.28. The molecule has 2 atom stereocenters. The first-order valence-electron chi connectivity index (χ1n) is 4.82. The minimum Gasteiger partial charge on any atom is -0.222 e. The lowest BCUT2D eigenvalue weighted by molar-refractivity contribution is 0.294. The van der Waals surface area contributed by atoms with Crippen LogP contribution < -0.4 is 0 Å². The topological polar surface area (TPSA) is 40.9 Å². The van der Waals surface area contributed by atoms with Crippen molar-refractivity contribution < 1.29 is 4.79 Å². The van der Waals surface area contributed by atoms with Gasteiger partial charge in [-0.15, -0.1) is 0 Å². The summed E-state index contributed by atoms with van der Waals surface area (Å²) in [6.45, 7) is 8.56. The fourth-order valence-corrected chi connectivity index (χ4v) is 2.05. The fourth-order valence-electron chi connectivity index (χ4n) is 2.05. The van der Waals surface area contributed by atoms with Crippen molar-refractivity contribution in [1.29, 1.82) is 5.41 Å². The van der Waals surface area contributed by atoms with E-state index in [-0.39, 0.29) is 0 Å². The first kappa shape index (κ1) is 12.1. The Kier molecular flexibility index (Phi) is 6.17. The van der Waals surface area contributed by atoms with Crippen LogP contribution in [0, 0.1) is 17.2 Å². The number of rotatable bonds is 1. The third-order valence-electron chi connectivity index (χ3n) is 2.74. The van der Waals surface area contributed by atoms with E-state index in [1.165, 1.54) is 31.3 Å². The Balaban J connectivity index is 0.000000424. The molecule has 0 radical (unpaired) electrons. The third kappa shape index (κ3) is 4.64. The highest BCUT2D eigenvalue weighted by atomic mass is 16.1. The van der Waals surface area contributed by atoms with Gasteiger partial charge in [0.1, 0.15) is 0 Å². The van der Waals surface area contributed by atoms with Crippen molar-refractivity contribution in [3.63, 3.8) is 0 Å². The summed E-state index contributed by atoms with van der Waals surface area (Å²) in [5.41, 5.74) is 1.40. The second-order valence-corrected chi connectivity index (χ2v) is 3.82. The number of carbonyl (C=O) groups excluding carboxylic acids is 1. The van der Waals surface area contributed by atoms with Crippen LogP contribution in [0.3, 0.4) is 0 Å². The minimum absolute atomic E-state index is 0.750. The van der Waals surface area contributed by atoms with Gasteiger partial charge in [0, 0.05) is 0 Å². The molecule has 0 aromatic carbocycles. The molecule has 1 saturated carbocycles. The van der Waals surface area contributed by atoms with E-state index in [9.17, 15) is 0 Å². The molecule has 1 fully saturated rings. The van der Waals surface area contributed by atoms with Gasteiger partial charge in [-0.1, -0.05) is 38.3 Å². The van der Waals surface area contributed by atoms with Gasteiger partial charge in [0.2, 0.25) is 6.08 Å². The zero-order valence-corrected chi connectivity index (χ0v) is 8.60. The van der Waals surface area contributed by atoms with Crippen molar-refractivity contribution in [1.82, 2.24) is 0 Å². The first-order valence-corrected chi connectivity index (χ1v) is 4.82. The molecule has 2 heteroatoms. The molecular weight excluding hydrogens is 162 g/mol. The zero-order chi connectivity index (χ0) is 10.3. The molecular formula is C11H19NO. The van der Waals surface area contributed by atoms with Gasteiger partial charge in [0.15, 0.2) is 0 Å². The Labute approximate surface area is 80.5 Å². The largest absolute Gasteiger partial charge is 0.231 e. The van der Waals surface area contributed by atoms with Gasteiger partial charge in [-0.25, -0.2) is 10.2 Å². The van der Waals surface area contributed by atoms with Crippen LogP contribution in [0.25, 0.3) is 0 Å². The molecule has 1 N–H and O–H groups in total. The SMILES string of the molecule is C=C(C)C1CCCCC1C.N=C=O. The van der Waals surface area contributed by atoms with Crippen LogP contribution in [0.15, 0.2) is 12.2 Å². The molecule has 1 aliphatic carbocycles. The predicted molar refractivity (Wildman–Crippen MR) is 54.3 cm³/mol. The van der Waals surface area contributed by atoms with E-state index in [2.05, 4.69) is 20.4 Å². The van der Waals surface area contributed by atoms with Crippen LogP contribution in [0.4, 0.5) is 0 Å². The Morgan fingerprint density at radius 3 is 2.23 bits per heavy atom. The Bertz CT molecular complexity index is 192. The molecule has 0 amide bonds. The van der Waals surface area contributed by atoms with Gasteiger partial charge in [0.05, 0.1) is 0 Å². The molecule has 13 heavy (non-hydrogen) atoms. The molecule has 0 heterocycles. The molecule has 74 valence electrons. The van der Waals surface area contributed by atoms with Crippen LogP contribution in [0.1, 0.15) is 39.5 Å². The highest BCUT2D eigenvalue weighted by Crippen LogP contribution is 2.33. The van der Waals surface area contributed by atoms with Crippen molar-refractivity contribution in [3.8, 4) is 0 Å². The van der Waals surface area contributed by atoms with Crippen LogP contribution in [-0.2, 0) is 4.79 Å². The summed E-state index contributed by atoms with van der Waals surface area (Å²) in [5, 5.41) is 5.40. The van der Waals surface area contributed by atoms with Gasteiger partial charge in [-0.2, -0.15) is 0 Å². The third-order valence-corrected chi connectivity index (χ3v) is 2.74. The van der Waals surface area contributed by atoms with E-state index in [1.54, 1.807) is 0 Å². The number of hydrogen-bond acceptors (Lipinski definition) is 2. The van der Waals surface area contributed by atoms with Gasteiger partial charge in [0.25, 0.3) is 0 Å². The second-order valence-electron chi connectivity index (χ2n) is 3.82. The average Bonchev–Trinajstić information content (AvgIpc) is 2.06. The van der Waals surface area contributed by atoms with Crippen molar-refractivity contribution in [2.24, 2.45) is 11.8 Å². The van der Waals surface area contributed by atoms with Crippen LogP contribution in [0.2, 0.25) is 0 Å². The van der Waals surface area contributed by atoms with E-state index in [1.807, 2.05) is 0 Å². The quantitative estimate of drug-likeness (QED) is 0.376. The summed E-state index contributed by atoms with van der Waals surface area (Å²) in [4.78, 5) is 8.35. The minimum atomic E-state index is 0.750. The molecule has 2 nitrogen and oxygen atoms in total. The number of allylic oxidation sites excluding steroid dienone is 1. The number of hydrogen-bond donors (Lipinski definition) is 1. The van der Waals surface area contributed by atoms with Crippen LogP contribution in [-0.4, -0.2) is 6.08 Å². The lowest BCUT2D eigenvalue weighted by atomic mass is 9.77. The highest BCUT2D eigenvalue weighted by Gasteiger charge is 2.20. The van der Waals surface area contributed by atoms with Gasteiger partial charge in [-0.3, -0.25) is 0 Å². The van der Waals surface area contributed by atoms with Crippen LogP contribution >= 0.6 is 0 Å². The van der Waals surface area contributed by atoms with Crippen molar-refractivity contribution >= 4 is 6.08 Å². The predicted octanol–water partition coefficient (Wildman–Crippen LogP) is 3.29. The smallest absolute Gasteiger partial charge is 0.222 e. The molecule has 0 bridgehead atoms. The first-order chi connectivity index (χ1) is 6.13. The van der Waals surface area contributed by atoms with Gasteiger partial charge < -0.3 is 0 Å². The highest BCUT2D eigenvalue weighted by molar-refractivity contribution is 5.26. The molecule has 1 rings (SSSR count). The molecule has 0 aliphatic heterocycles. The standard InChI is InChI=1S/C10H18.CHNO/c1-8(2)10-7-5-4-6-9(10)3;2-1-3/h9-10H,1,4-7H2,2-3H3;2H. The van der Waals surface area contributed by atoms with E-state index in [4.69, 9.17) is 10.2 Å². The molecule has 0 spiro atoms. The van der Waals surface area contributed by atoms with Crippen molar-refractivity contribution in [2.45, 2.75) is 39.5 Å². The average molecular weight is 181 g/mol. The molecule has 2 unspecified atom stereocenters. The Morgan fingerprint density at radius 1 is 1.46 bits per heavy atom. The Morgan fingerprint density at radius 2 is 1.92 bits per heavy atom. The van der Waals surface area contributed by atoms with E-state index in [0.717, 1.165) is 17.9 Å². The molecule has 1 aliphatic rings. The summed E-state index contributed by atoms with van der Waals surface area (Å²) in [6, 6.07) is 0. The normalized spacial score (nSPS) is 26.6. The van der Waals surface area contributed by atoms with E-state index >= 15 is 0 Å². The number of isocyanates is 1. The second kappa shape index (κ2) is 6.62. The zero-order valence-electron chi connectivity index (χ0n) is 8.60. The van der Waals surface area contributed by atoms with Gasteiger partial charge >= 0.3 is 0 Å². The van der Waals surface area contributed by atoms with Crippen molar-refractivity contribution in [3.05, 3.63) is 12.2 Å². The summed E-state index contributed by atoms with van der Waals surface area (Å²) in [5.74, 6) is 1.72. The van der Waals surface area contributed by atoms with Crippen LogP contribution in [0.5, 0.6) is 0 Å². The van der Waals surface area contributed by atoms with E-state index < -0.39 is 0 Å². The summed E-state index contributed by atoms with van der Waals surface area (Å²) in [6.07, 6.45) is 6.40. The molecule has 0 aromatic heterocycles. The van der Waals surface area contributed by atoms with E-state index in [0.29, 0.717) is 0 Å². The summed E-state index contributed by atoms with van der Waals surface area (Å²) >= 11 is 0. The summed E-state index contributed by atoms with van der Waals surface area (Å²) in [7, 11) is 0. The molecule has 0 saturated heterocycles. The lowest BCUT2D eigenvalue weighted by Crippen LogP contribution is -2.16. The van der Waals surface area contributed by atoms with Gasteiger partial charge in [-0.05, 0) is 25.2 Å². The number of nitrogens with one attached hydrogen (secondary N) is 1. The maximum atomic E-state index is 8.35. The maximum Gasteiger partial charge on any atom is 0.231 e. The fraction of sp³-hybridized carbons (Fsp3) is 0.727. The summed E-state index contributed by atoms with van der Waals surface area (Å²) < 4.78 is 0.